The number of esters is 1. The lowest BCUT2D eigenvalue weighted by Gasteiger charge is -2.07. The fourth-order valence-corrected chi connectivity index (χ4v) is 2.72. The van der Waals surface area contributed by atoms with E-state index < -0.39 is 0 Å². The Bertz CT molecular complexity index is 432. The Morgan fingerprint density at radius 2 is 2.31 bits per heavy atom. The molecule has 0 radical (unpaired) electrons. The van der Waals surface area contributed by atoms with Crippen LogP contribution in [0, 0.1) is 0 Å². The second kappa shape index (κ2) is 4.72. The van der Waals surface area contributed by atoms with Crippen molar-refractivity contribution < 1.29 is 9.53 Å². The molecule has 0 aromatic carbocycles. The second-order valence-electron chi connectivity index (χ2n) is 3.36. The molecule has 0 unspecified atom stereocenters. The van der Waals surface area contributed by atoms with Crippen molar-refractivity contribution >= 4 is 17.7 Å². The molecule has 0 aromatic rings. The average Bonchev–Trinajstić information content (AvgIpc) is 2.43. The topological polar surface area (TPSA) is 52.3 Å². The van der Waals surface area contributed by atoms with Crippen molar-refractivity contribution in [2.24, 2.45) is 5.73 Å². The zero-order chi connectivity index (χ0) is 11.5. The summed E-state index contributed by atoms with van der Waals surface area (Å²) < 4.78 is 5.01. The Kier molecular flexibility index (Phi) is 3.31. The number of carbonyl (C=O) groups is 1. The van der Waals surface area contributed by atoms with Crippen molar-refractivity contribution in [2.45, 2.75) is 12.3 Å². The summed E-state index contributed by atoms with van der Waals surface area (Å²) in [5, 5.41) is -0.323. The van der Waals surface area contributed by atoms with Crippen LogP contribution in [0.15, 0.2) is 46.4 Å². The second-order valence-corrected chi connectivity index (χ2v) is 4.54. The van der Waals surface area contributed by atoms with Gasteiger partial charge in [-0.1, -0.05) is 24.3 Å². The van der Waals surface area contributed by atoms with Gasteiger partial charge in [0.15, 0.2) is 0 Å². The molecule has 0 fully saturated rings. The van der Waals surface area contributed by atoms with E-state index >= 15 is 0 Å². The van der Waals surface area contributed by atoms with E-state index in [0.717, 1.165) is 10.5 Å². The number of carbonyl (C=O) groups excluding carboxylic acids is 1. The lowest BCUT2D eigenvalue weighted by atomic mass is 10.1. The van der Waals surface area contributed by atoms with Crippen molar-refractivity contribution in [1.29, 1.82) is 0 Å². The van der Waals surface area contributed by atoms with Crippen molar-refractivity contribution in [3.8, 4) is 0 Å². The highest BCUT2D eigenvalue weighted by atomic mass is 32.2. The minimum atomic E-state index is -0.323. The van der Waals surface area contributed by atoms with Gasteiger partial charge in [0, 0.05) is 10.5 Å². The Labute approximate surface area is 98.7 Å². The highest BCUT2D eigenvalue weighted by Gasteiger charge is 2.31. The molecule has 1 aliphatic carbocycles. The molecule has 16 heavy (non-hydrogen) atoms. The normalized spacial score (nSPS) is 22.9. The number of nitrogens with two attached hydrogens (primary N) is 1. The summed E-state index contributed by atoms with van der Waals surface area (Å²) in [5.41, 5.74) is 7.38. The van der Waals surface area contributed by atoms with Gasteiger partial charge in [-0.25, -0.2) is 4.79 Å². The van der Waals surface area contributed by atoms with Gasteiger partial charge in [-0.05, 0) is 13.0 Å². The van der Waals surface area contributed by atoms with Crippen LogP contribution in [-0.2, 0) is 9.53 Å². The smallest absolute Gasteiger partial charge is 0.337 e. The first-order valence-corrected chi connectivity index (χ1v) is 6.01. The van der Waals surface area contributed by atoms with E-state index in [4.69, 9.17) is 10.5 Å². The Balaban J connectivity index is 2.40. The number of thioether (sulfide) groups is 1. The third-order valence-electron chi connectivity index (χ3n) is 2.32. The van der Waals surface area contributed by atoms with E-state index in [-0.39, 0.29) is 11.3 Å². The van der Waals surface area contributed by atoms with Crippen molar-refractivity contribution in [3.05, 3.63) is 46.4 Å². The number of fused-ring (bicyclic) bond motifs is 1. The molecule has 1 atom stereocenters. The molecule has 0 saturated heterocycles. The summed E-state index contributed by atoms with van der Waals surface area (Å²) in [5.74, 6) is -0.313. The predicted molar refractivity (Wildman–Crippen MR) is 65.6 cm³/mol. The van der Waals surface area contributed by atoms with Crippen LogP contribution in [0.1, 0.15) is 6.92 Å². The van der Waals surface area contributed by atoms with Gasteiger partial charge >= 0.3 is 5.97 Å². The van der Waals surface area contributed by atoms with Crippen LogP contribution in [0.4, 0.5) is 0 Å². The minimum Gasteiger partial charge on any atom is -0.463 e. The lowest BCUT2D eigenvalue weighted by Crippen LogP contribution is -2.23. The van der Waals surface area contributed by atoms with Crippen LogP contribution in [0.5, 0.6) is 0 Å². The lowest BCUT2D eigenvalue weighted by molar-refractivity contribution is -0.138. The van der Waals surface area contributed by atoms with Gasteiger partial charge in [0.1, 0.15) is 0 Å². The molecule has 3 nitrogen and oxygen atoms in total. The van der Waals surface area contributed by atoms with Gasteiger partial charge in [-0.3, -0.25) is 0 Å². The average molecular weight is 235 g/mol. The zero-order valence-electron chi connectivity index (χ0n) is 8.97. The van der Waals surface area contributed by atoms with Crippen molar-refractivity contribution in [3.63, 3.8) is 0 Å². The fraction of sp³-hybridized carbons (Fsp3) is 0.250. The number of ether oxygens (including phenoxy) is 1. The van der Waals surface area contributed by atoms with E-state index in [1.165, 1.54) is 11.8 Å². The van der Waals surface area contributed by atoms with Crippen LogP contribution >= 0.6 is 11.8 Å². The molecule has 1 heterocycles. The first-order chi connectivity index (χ1) is 7.74. The van der Waals surface area contributed by atoms with Gasteiger partial charge in [0.05, 0.1) is 17.6 Å². The molecule has 0 aromatic heterocycles. The summed E-state index contributed by atoms with van der Waals surface area (Å²) in [6.07, 6.45) is 9.63. The van der Waals surface area contributed by atoms with Crippen molar-refractivity contribution in [2.75, 3.05) is 6.61 Å². The van der Waals surface area contributed by atoms with E-state index in [1.54, 1.807) is 6.92 Å². The molecule has 84 valence electrons. The summed E-state index contributed by atoms with van der Waals surface area (Å²) in [4.78, 5) is 12.8. The van der Waals surface area contributed by atoms with Gasteiger partial charge in [0.2, 0.25) is 0 Å². The number of hydrogen-bond donors (Lipinski definition) is 1. The summed E-state index contributed by atoms with van der Waals surface area (Å²) >= 11 is 1.49. The third kappa shape index (κ3) is 1.99. The van der Waals surface area contributed by atoms with Gasteiger partial charge in [-0.15, -0.1) is 11.8 Å². The molecule has 1 aliphatic heterocycles. The molecule has 0 bridgehead atoms. The number of hydrogen-bond acceptors (Lipinski definition) is 4. The largest absolute Gasteiger partial charge is 0.463 e. The number of rotatable bonds is 2. The molecular weight excluding hydrogens is 222 g/mol. The molecule has 2 aliphatic rings. The zero-order valence-corrected chi connectivity index (χ0v) is 9.79. The van der Waals surface area contributed by atoms with E-state index in [9.17, 15) is 4.79 Å². The Morgan fingerprint density at radius 3 is 3.06 bits per heavy atom. The molecule has 2 rings (SSSR count). The fourth-order valence-electron chi connectivity index (χ4n) is 1.64. The van der Waals surface area contributed by atoms with Gasteiger partial charge < -0.3 is 10.5 Å². The van der Waals surface area contributed by atoms with Crippen LogP contribution in [0.2, 0.25) is 0 Å². The standard InChI is InChI=1S/C12H13NO2S/c1-2-15-12(14)10-8-6-4-3-5-7-9(8)16-11(10)13/h3-7,11H,2,13H2,1H3/t11-/m0/s1. The van der Waals surface area contributed by atoms with E-state index in [2.05, 4.69) is 0 Å². The maximum atomic E-state index is 11.8. The monoisotopic (exact) mass is 235 g/mol. The van der Waals surface area contributed by atoms with E-state index in [1.807, 2.05) is 30.4 Å². The Morgan fingerprint density at radius 1 is 1.50 bits per heavy atom. The quantitative estimate of drug-likeness (QED) is 0.743. The van der Waals surface area contributed by atoms with Crippen molar-refractivity contribution in [1.82, 2.24) is 0 Å². The predicted octanol–water partition coefficient (Wildman–Crippen LogP) is 1.89. The van der Waals surface area contributed by atoms with Crippen LogP contribution in [-0.4, -0.2) is 18.0 Å². The van der Waals surface area contributed by atoms with E-state index in [0.29, 0.717) is 12.2 Å². The highest BCUT2D eigenvalue weighted by molar-refractivity contribution is 8.04. The summed E-state index contributed by atoms with van der Waals surface area (Å²) in [6, 6.07) is 0. The summed E-state index contributed by atoms with van der Waals surface area (Å²) in [6.45, 7) is 2.16. The summed E-state index contributed by atoms with van der Waals surface area (Å²) in [7, 11) is 0. The molecular formula is C12H13NO2S. The first kappa shape index (κ1) is 11.2. The van der Waals surface area contributed by atoms with Gasteiger partial charge in [-0.2, -0.15) is 0 Å². The SMILES string of the molecule is CCOC(=O)C1=C2C=CC=CC=C2S[C@@H]1N. The highest BCUT2D eigenvalue weighted by Crippen LogP contribution is 2.41. The third-order valence-corrected chi connectivity index (χ3v) is 3.42. The number of allylic oxidation sites excluding steroid dienone is 6. The maximum absolute atomic E-state index is 11.8. The molecule has 2 N–H and O–H groups in total. The van der Waals surface area contributed by atoms with Gasteiger partial charge in [0.25, 0.3) is 0 Å². The molecule has 4 heteroatoms. The van der Waals surface area contributed by atoms with Crippen LogP contribution in [0.3, 0.4) is 0 Å². The van der Waals surface area contributed by atoms with Crippen LogP contribution < -0.4 is 5.73 Å². The molecule has 0 spiro atoms. The maximum Gasteiger partial charge on any atom is 0.337 e. The molecule has 0 saturated carbocycles. The Hall–Kier alpha value is -1.26. The molecule has 0 amide bonds. The van der Waals surface area contributed by atoms with Crippen LogP contribution in [0.25, 0.3) is 0 Å². The first-order valence-electron chi connectivity index (χ1n) is 5.13. The minimum absolute atomic E-state index is 0.313.